The Morgan fingerprint density at radius 1 is 1.55 bits per heavy atom. The molecular weight excluding hydrogens is 140 g/mol. The predicted octanol–water partition coefficient (Wildman–Crippen LogP) is -0.0333. The molecule has 0 radical (unpaired) electrons. The molecule has 0 bridgehead atoms. The van der Waals surface area contributed by atoms with Crippen LogP contribution in [0.25, 0.3) is 0 Å². The summed E-state index contributed by atoms with van der Waals surface area (Å²) in [5.41, 5.74) is -0.420. The molecule has 1 saturated carbocycles. The highest BCUT2D eigenvalue weighted by Crippen LogP contribution is 2.44. The third-order valence-electron chi connectivity index (χ3n) is 2.63. The number of aliphatic hydroxyl groups is 1. The van der Waals surface area contributed by atoms with Gasteiger partial charge in [-0.2, -0.15) is 5.26 Å². The normalized spacial score (nSPS) is 29.1. The van der Waals surface area contributed by atoms with Crippen LogP contribution in [-0.2, 0) is 0 Å². The van der Waals surface area contributed by atoms with Crippen molar-refractivity contribution in [3.8, 4) is 6.07 Å². The topological polar surface area (TPSA) is 47.3 Å². The summed E-state index contributed by atoms with van der Waals surface area (Å²) in [6, 6.07) is 2.08. The van der Waals surface area contributed by atoms with Crippen LogP contribution in [0.5, 0.6) is 0 Å². The van der Waals surface area contributed by atoms with Crippen LogP contribution in [0.2, 0.25) is 0 Å². The van der Waals surface area contributed by atoms with E-state index in [1.807, 2.05) is 4.90 Å². The van der Waals surface area contributed by atoms with Gasteiger partial charge in [0.05, 0.1) is 18.2 Å². The number of likely N-dealkylation sites (tertiary alicyclic amines) is 1. The molecule has 3 nitrogen and oxygen atoms in total. The summed E-state index contributed by atoms with van der Waals surface area (Å²) in [6.45, 7) is 1.89. The minimum atomic E-state index is -0.420. The first kappa shape index (κ1) is 7.08. The molecule has 60 valence electrons. The van der Waals surface area contributed by atoms with Gasteiger partial charge in [-0.15, -0.1) is 0 Å². The third-order valence-corrected chi connectivity index (χ3v) is 2.63. The van der Waals surface area contributed by atoms with Crippen LogP contribution in [0.3, 0.4) is 0 Å². The van der Waals surface area contributed by atoms with Gasteiger partial charge in [-0.3, -0.25) is 4.90 Å². The maximum Gasteiger partial charge on any atom is 0.0928 e. The molecule has 11 heavy (non-hydrogen) atoms. The molecule has 1 saturated heterocycles. The number of hydrogen-bond acceptors (Lipinski definition) is 3. The number of rotatable bonds is 2. The summed E-state index contributed by atoms with van der Waals surface area (Å²) in [6.07, 6.45) is 2.35. The average Bonchev–Trinajstić information content (AvgIpc) is 2.65. The molecule has 2 rings (SSSR count). The van der Waals surface area contributed by atoms with E-state index >= 15 is 0 Å². The van der Waals surface area contributed by atoms with E-state index in [1.165, 1.54) is 12.8 Å². The smallest absolute Gasteiger partial charge is 0.0928 e. The largest absolute Gasteiger partial charge is 0.387 e. The van der Waals surface area contributed by atoms with Gasteiger partial charge in [-0.1, -0.05) is 0 Å². The van der Waals surface area contributed by atoms with Crippen molar-refractivity contribution >= 4 is 0 Å². The number of β-amino-alcohol motifs (C(OH)–C–C–N with tert-alkyl or cyclic N) is 1. The summed E-state index contributed by atoms with van der Waals surface area (Å²) in [7, 11) is 0. The second-order valence-corrected chi connectivity index (χ2v) is 3.68. The Morgan fingerprint density at radius 2 is 2.18 bits per heavy atom. The van der Waals surface area contributed by atoms with Crippen LogP contribution in [-0.4, -0.2) is 35.2 Å². The molecule has 2 aliphatic rings. The van der Waals surface area contributed by atoms with Crippen LogP contribution in [0.15, 0.2) is 0 Å². The van der Waals surface area contributed by atoms with Crippen LogP contribution in [0, 0.1) is 17.2 Å². The Bertz CT molecular complexity index is 199. The molecular formula is C8H12N2O. The van der Waals surface area contributed by atoms with Gasteiger partial charge in [-0.25, -0.2) is 0 Å². The van der Waals surface area contributed by atoms with Crippen molar-refractivity contribution < 1.29 is 5.11 Å². The number of hydrogen-bond donors (Lipinski definition) is 1. The Balaban J connectivity index is 1.82. The lowest BCUT2D eigenvalue weighted by atomic mass is 9.89. The first-order chi connectivity index (χ1) is 5.24. The molecule has 1 aliphatic carbocycles. The first-order valence-electron chi connectivity index (χ1n) is 4.06. The van der Waals surface area contributed by atoms with Crippen LogP contribution < -0.4 is 0 Å². The maximum atomic E-state index is 9.80. The first-order valence-corrected chi connectivity index (χ1v) is 4.06. The molecule has 1 aliphatic heterocycles. The third kappa shape index (κ3) is 1.13. The number of nitrogens with zero attached hydrogens (tertiary/aromatic N) is 2. The Hall–Kier alpha value is -0.590. The van der Waals surface area contributed by atoms with Gasteiger partial charge in [0.25, 0.3) is 0 Å². The van der Waals surface area contributed by atoms with Gasteiger partial charge in [0.1, 0.15) is 0 Å². The summed E-state index contributed by atoms with van der Waals surface area (Å²) < 4.78 is 0. The van der Waals surface area contributed by atoms with Crippen molar-refractivity contribution in [2.75, 3.05) is 19.6 Å². The molecule has 0 aromatic heterocycles. The van der Waals surface area contributed by atoms with Gasteiger partial charge >= 0.3 is 0 Å². The van der Waals surface area contributed by atoms with Crippen molar-refractivity contribution in [2.24, 2.45) is 5.92 Å². The monoisotopic (exact) mass is 152 g/mol. The minimum Gasteiger partial charge on any atom is -0.387 e. The van der Waals surface area contributed by atoms with Crippen molar-refractivity contribution in [3.05, 3.63) is 0 Å². The minimum absolute atomic E-state index is 0.420. The van der Waals surface area contributed by atoms with E-state index in [9.17, 15) is 5.11 Å². The highest BCUT2D eigenvalue weighted by molar-refractivity contribution is 5.06. The summed E-state index contributed by atoms with van der Waals surface area (Å²) in [5, 5.41) is 18.1. The second-order valence-electron chi connectivity index (χ2n) is 3.68. The fourth-order valence-corrected chi connectivity index (χ4v) is 1.82. The molecule has 0 amide bonds. The lowest BCUT2D eigenvalue weighted by Gasteiger charge is -2.45. The van der Waals surface area contributed by atoms with Crippen molar-refractivity contribution in [3.63, 3.8) is 0 Å². The Kier molecular flexibility index (Phi) is 1.41. The molecule has 0 unspecified atom stereocenters. The molecule has 1 N–H and O–H groups in total. The standard InChI is InChI=1S/C8H12N2O/c9-3-4-10-5-8(11,6-10)7-1-2-7/h7,11H,1-2,4-6H2. The highest BCUT2D eigenvalue weighted by Gasteiger charge is 2.51. The van der Waals surface area contributed by atoms with E-state index in [4.69, 9.17) is 5.26 Å². The zero-order chi connectivity index (χ0) is 7.90. The number of nitriles is 1. The van der Waals surface area contributed by atoms with Crippen molar-refractivity contribution in [2.45, 2.75) is 18.4 Å². The summed E-state index contributed by atoms with van der Waals surface area (Å²) in [5.74, 6) is 0.539. The molecule has 0 spiro atoms. The van der Waals surface area contributed by atoms with E-state index < -0.39 is 5.60 Å². The zero-order valence-corrected chi connectivity index (χ0v) is 6.45. The maximum absolute atomic E-state index is 9.80. The van der Waals surface area contributed by atoms with E-state index in [-0.39, 0.29) is 0 Å². The fraction of sp³-hybridized carbons (Fsp3) is 0.875. The quantitative estimate of drug-likeness (QED) is 0.565. The summed E-state index contributed by atoms with van der Waals surface area (Å²) >= 11 is 0. The van der Waals surface area contributed by atoms with Crippen LogP contribution >= 0.6 is 0 Å². The van der Waals surface area contributed by atoms with Crippen LogP contribution in [0.1, 0.15) is 12.8 Å². The highest BCUT2D eigenvalue weighted by atomic mass is 16.3. The zero-order valence-electron chi connectivity index (χ0n) is 6.45. The lowest BCUT2D eigenvalue weighted by molar-refractivity contribution is -0.107. The van der Waals surface area contributed by atoms with E-state index in [1.54, 1.807) is 0 Å². The summed E-state index contributed by atoms with van der Waals surface area (Å²) in [4.78, 5) is 1.98. The second kappa shape index (κ2) is 2.20. The molecule has 1 heterocycles. The van der Waals surface area contributed by atoms with Gasteiger partial charge < -0.3 is 5.11 Å². The van der Waals surface area contributed by atoms with E-state index in [0.717, 1.165) is 0 Å². The molecule has 0 atom stereocenters. The molecule has 2 fully saturated rings. The Labute approximate surface area is 66.2 Å². The fourth-order valence-electron chi connectivity index (χ4n) is 1.82. The van der Waals surface area contributed by atoms with Gasteiger partial charge in [-0.05, 0) is 18.8 Å². The Morgan fingerprint density at radius 3 is 2.64 bits per heavy atom. The van der Waals surface area contributed by atoms with Gasteiger partial charge in [0.2, 0.25) is 0 Å². The van der Waals surface area contributed by atoms with Crippen LogP contribution in [0.4, 0.5) is 0 Å². The van der Waals surface area contributed by atoms with Crippen molar-refractivity contribution in [1.29, 1.82) is 5.26 Å². The van der Waals surface area contributed by atoms with Crippen molar-refractivity contribution in [1.82, 2.24) is 4.90 Å². The molecule has 0 aromatic rings. The lowest BCUT2D eigenvalue weighted by Crippen LogP contribution is -2.62. The van der Waals surface area contributed by atoms with Gasteiger partial charge in [0, 0.05) is 13.1 Å². The SMILES string of the molecule is N#CCN1CC(O)(C2CC2)C1. The molecule has 3 heteroatoms. The van der Waals surface area contributed by atoms with E-state index in [2.05, 4.69) is 6.07 Å². The van der Waals surface area contributed by atoms with E-state index in [0.29, 0.717) is 25.6 Å². The molecule has 0 aromatic carbocycles. The average molecular weight is 152 g/mol. The predicted molar refractivity (Wildman–Crippen MR) is 39.7 cm³/mol. The van der Waals surface area contributed by atoms with Gasteiger partial charge in [0.15, 0.2) is 0 Å².